The topological polar surface area (TPSA) is 86.8 Å². The molecule has 10 heteroatoms. The number of hydrogen-bond donors (Lipinski definition) is 1. The zero-order chi connectivity index (χ0) is 30.4. The molecule has 0 saturated heterocycles. The van der Waals surface area contributed by atoms with Crippen LogP contribution < -0.4 is 9.62 Å². The Labute approximate surface area is 252 Å². The summed E-state index contributed by atoms with van der Waals surface area (Å²) in [5, 5.41) is 3.46. The molecule has 1 saturated carbocycles. The van der Waals surface area contributed by atoms with Gasteiger partial charge in [0.15, 0.2) is 0 Å². The van der Waals surface area contributed by atoms with Crippen molar-refractivity contribution < 1.29 is 22.4 Å². The number of nitrogens with one attached hydrogen (secondary N) is 1. The average Bonchev–Trinajstić information content (AvgIpc) is 3.47. The number of rotatable bonds is 11. The molecule has 0 heterocycles. The summed E-state index contributed by atoms with van der Waals surface area (Å²) in [6, 6.07) is 15.9. The summed E-state index contributed by atoms with van der Waals surface area (Å²) >= 11 is 6.02. The summed E-state index contributed by atoms with van der Waals surface area (Å²) in [5.74, 6) is -1.25. The highest BCUT2D eigenvalue weighted by molar-refractivity contribution is 7.92. The Kier molecular flexibility index (Phi) is 10.3. The normalized spacial score (nSPS) is 14.4. The van der Waals surface area contributed by atoms with Crippen molar-refractivity contribution >= 4 is 39.1 Å². The maximum atomic E-state index is 14.2. The lowest BCUT2D eigenvalue weighted by molar-refractivity contribution is -0.140. The van der Waals surface area contributed by atoms with Crippen LogP contribution in [-0.4, -0.2) is 43.8 Å². The molecule has 42 heavy (non-hydrogen) atoms. The van der Waals surface area contributed by atoms with Crippen LogP contribution in [0.15, 0.2) is 71.6 Å². The summed E-state index contributed by atoms with van der Waals surface area (Å²) in [6.07, 6.45) is 4.15. The van der Waals surface area contributed by atoms with Crippen LogP contribution in [0.25, 0.3) is 0 Å². The van der Waals surface area contributed by atoms with Gasteiger partial charge in [0.25, 0.3) is 10.0 Å². The summed E-state index contributed by atoms with van der Waals surface area (Å²) in [5.41, 5.74) is 2.78. The lowest BCUT2D eigenvalue weighted by Gasteiger charge is -2.34. The van der Waals surface area contributed by atoms with E-state index in [1.807, 2.05) is 20.8 Å². The standard InChI is InChI=1S/C32H37ClFN3O4S/c1-4-30(32(39)35-27-7-5-6-8-27)36(20-24-10-14-26(34)15-11-24)31(38)21-37(28-16-9-22(2)23(3)19-28)42(40,41)29-17-12-25(33)13-18-29/h9-19,27,30H,4-8,20-21H2,1-3H3,(H,35,39)/t30-/m0/s1. The predicted molar refractivity (Wildman–Crippen MR) is 163 cm³/mol. The van der Waals surface area contributed by atoms with Gasteiger partial charge in [0.2, 0.25) is 11.8 Å². The third kappa shape index (κ3) is 7.50. The fourth-order valence-corrected chi connectivity index (χ4v) is 6.75. The zero-order valence-corrected chi connectivity index (χ0v) is 25.7. The molecule has 1 aliphatic rings. The van der Waals surface area contributed by atoms with E-state index in [1.54, 1.807) is 30.3 Å². The summed E-state index contributed by atoms with van der Waals surface area (Å²) in [6.45, 7) is 5.07. The molecule has 0 spiro atoms. The minimum atomic E-state index is -4.20. The predicted octanol–water partition coefficient (Wildman–Crippen LogP) is 6.16. The Morgan fingerprint density at radius 1 is 0.976 bits per heavy atom. The third-order valence-electron chi connectivity index (χ3n) is 7.81. The van der Waals surface area contributed by atoms with Crippen LogP contribution in [0.2, 0.25) is 5.02 Å². The maximum Gasteiger partial charge on any atom is 0.264 e. The first-order chi connectivity index (χ1) is 20.0. The Morgan fingerprint density at radius 3 is 2.21 bits per heavy atom. The number of hydrogen-bond acceptors (Lipinski definition) is 4. The number of carbonyl (C=O) groups excluding carboxylic acids is 2. The van der Waals surface area contributed by atoms with E-state index in [0.717, 1.165) is 41.1 Å². The van der Waals surface area contributed by atoms with E-state index in [2.05, 4.69) is 5.32 Å². The van der Waals surface area contributed by atoms with Crippen LogP contribution in [0.5, 0.6) is 0 Å². The van der Waals surface area contributed by atoms with Crippen molar-refractivity contribution in [1.29, 1.82) is 0 Å². The van der Waals surface area contributed by atoms with Crippen LogP contribution >= 0.6 is 11.6 Å². The van der Waals surface area contributed by atoms with E-state index in [0.29, 0.717) is 22.7 Å². The van der Waals surface area contributed by atoms with Gasteiger partial charge >= 0.3 is 0 Å². The van der Waals surface area contributed by atoms with E-state index >= 15 is 0 Å². The number of anilines is 1. The second-order valence-corrected chi connectivity index (χ2v) is 13.1. The maximum absolute atomic E-state index is 14.2. The minimum Gasteiger partial charge on any atom is -0.352 e. The molecule has 1 atom stereocenters. The quantitative estimate of drug-likeness (QED) is 0.281. The Morgan fingerprint density at radius 2 is 1.62 bits per heavy atom. The molecular weight excluding hydrogens is 577 g/mol. The molecule has 224 valence electrons. The first-order valence-electron chi connectivity index (χ1n) is 14.2. The first kappa shape index (κ1) is 31.5. The van der Waals surface area contributed by atoms with Gasteiger partial charge < -0.3 is 10.2 Å². The average molecular weight is 614 g/mol. The first-order valence-corrected chi connectivity index (χ1v) is 16.0. The molecule has 0 bridgehead atoms. The lowest BCUT2D eigenvalue weighted by Crippen LogP contribution is -2.53. The van der Waals surface area contributed by atoms with Gasteiger partial charge in [-0.2, -0.15) is 0 Å². The number of sulfonamides is 1. The Bertz CT molecular complexity index is 1510. The van der Waals surface area contributed by atoms with E-state index in [9.17, 15) is 22.4 Å². The third-order valence-corrected chi connectivity index (χ3v) is 9.85. The van der Waals surface area contributed by atoms with Gasteiger partial charge in [-0.3, -0.25) is 13.9 Å². The minimum absolute atomic E-state index is 0.0114. The van der Waals surface area contributed by atoms with Crippen molar-refractivity contribution in [2.75, 3.05) is 10.8 Å². The van der Waals surface area contributed by atoms with Crippen molar-refractivity contribution in [1.82, 2.24) is 10.2 Å². The van der Waals surface area contributed by atoms with Crippen molar-refractivity contribution in [2.45, 2.75) is 76.4 Å². The van der Waals surface area contributed by atoms with Gasteiger partial charge in [-0.05, 0) is 98.3 Å². The number of aryl methyl sites for hydroxylation is 2. The van der Waals surface area contributed by atoms with Crippen LogP contribution in [0.3, 0.4) is 0 Å². The van der Waals surface area contributed by atoms with E-state index < -0.39 is 34.3 Å². The molecule has 4 rings (SSSR count). The van der Waals surface area contributed by atoms with E-state index in [4.69, 9.17) is 11.6 Å². The van der Waals surface area contributed by atoms with Gasteiger partial charge in [-0.25, -0.2) is 12.8 Å². The van der Waals surface area contributed by atoms with Crippen molar-refractivity contribution in [3.63, 3.8) is 0 Å². The molecule has 7 nitrogen and oxygen atoms in total. The zero-order valence-electron chi connectivity index (χ0n) is 24.1. The highest BCUT2D eigenvalue weighted by Gasteiger charge is 2.34. The van der Waals surface area contributed by atoms with E-state index in [1.165, 1.54) is 41.3 Å². The number of carbonyl (C=O) groups is 2. The second kappa shape index (κ2) is 13.7. The summed E-state index contributed by atoms with van der Waals surface area (Å²) in [7, 11) is -4.20. The molecule has 0 aliphatic heterocycles. The van der Waals surface area contributed by atoms with Gasteiger partial charge in [0.1, 0.15) is 18.4 Å². The highest BCUT2D eigenvalue weighted by atomic mass is 35.5. The number of amides is 2. The fourth-order valence-electron chi connectivity index (χ4n) is 5.22. The fraction of sp³-hybridized carbons (Fsp3) is 0.375. The molecule has 1 fully saturated rings. The number of benzene rings is 3. The molecule has 1 aliphatic carbocycles. The monoisotopic (exact) mass is 613 g/mol. The van der Waals surface area contributed by atoms with E-state index in [-0.39, 0.29) is 23.4 Å². The Hall–Kier alpha value is -3.43. The molecular formula is C32H37ClFN3O4S. The van der Waals surface area contributed by atoms with Crippen LogP contribution in [0.1, 0.15) is 55.7 Å². The van der Waals surface area contributed by atoms with Gasteiger partial charge in [0.05, 0.1) is 10.6 Å². The van der Waals surface area contributed by atoms with Crippen LogP contribution in [0.4, 0.5) is 10.1 Å². The largest absolute Gasteiger partial charge is 0.352 e. The van der Waals surface area contributed by atoms with Crippen molar-refractivity contribution in [3.8, 4) is 0 Å². The summed E-state index contributed by atoms with van der Waals surface area (Å²) < 4.78 is 42.7. The molecule has 3 aromatic rings. The molecule has 0 unspecified atom stereocenters. The SMILES string of the molecule is CC[C@@H](C(=O)NC1CCCC1)N(Cc1ccc(F)cc1)C(=O)CN(c1ccc(C)c(C)c1)S(=O)(=O)c1ccc(Cl)cc1. The molecule has 0 aromatic heterocycles. The Balaban J connectivity index is 1.73. The molecule has 0 radical (unpaired) electrons. The van der Waals surface area contributed by atoms with Gasteiger partial charge in [-0.15, -0.1) is 0 Å². The van der Waals surface area contributed by atoms with Gasteiger partial charge in [-0.1, -0.05) is 49.6 Å². The lowest BCUT2D eigenvalue weighted by atomic mass is 10.1. The smallest absolute Gasteiger partial charge is 0.264 e. The van der Waals surface area contributed by atoms with Crippen molar-refractivity contribution in [3.05, 3.63) is 94.3 Å². The molecule has 2 amide bonds. The highest BCUT2D eigenvalue weighted by Crippen LogP contribution is 2.28. The molecule has 1 N–H and O–H groups in total. The number of nitrogens with zero attached hydrogens (tertiary/aromatic N) is 2. The number of halogens is 2. The van der Waals surface area contributed by atoms with Crippen LogP contribution in [-0.2, 0) is 26.2 Å². The van der Waals surface area contributed by atoms with Crippen molar-refractivity contribution in [2.24, 2.45) is 0 Å². The van der Waals surface area contributed by atoms with Crippen LogP contribution in [0, 0.1) is 19.7 Å². The second-order valence-electron chi connectivity index (χ2n) is 10.8. The van der Waals surface area contributed by atoms with Gasteiger partial charge in [0, 0.05) is 17.6 Å². The molecule has 3 aromatic carbocycles. The summed E-state index contributed by atoms with van der Waals surface area (Å²) in [4.78, 5) is 29.1.